The van der Waals surface area contributed by atoms with E-state index in [1.54, 1.807) is 19.1 Å². The minimum Gasteiger partial charge on any atom is -0.278 e. The van der Waals surface area contributed by atoms with E-state index in [0.717, 1.165) is 3.79 Å². The van der Waals surface area contributed by atoms with Crippen LogP contribution in [0.2, 0.25) is 5.15 Å². The van der Waals surface area contributed by atoms with Gasteiger partial charge in [0.2, 0.25) is 0 Å². The first-order valence-corrected chi connectivity index (χ1v) is 9.16. The Labute approximate surface area is 136 Å². The van der Waals surface area contributed by atoms with Crippen molar-refractivity contribution in [3.8, 4) is 0 Å². The molecule has 0 aliphatic carbocycles. The van der Waals surface area contributed by atoms with Crippen LogP contribution in [0.4, 0.5) is 5.69 Å². The summed E-state index contributed by atoms with van der Waals surface area (Å²) >= 11 is 13.6. The normalized spacial score (nSPS) is 11.6. The first-order chi connectivity index (χ1) is 8.79. The molecule has 2 heterocycles. The number of halogens is 3. The summed E-state index contributed by atoms with van der Waals surface area (Å²) in [5.74, 6) is 0. The Morgan fingerprint density at radius 2 is 2.05 bits per heavy atom. The van der Waals surface area contributed by atoms with Crippen LogP contribution in [0.25, 0.3) is 0 Å². The fraction of sp³-hybridized carbons (Fsp3) is 0.100. The highest BCUT2D eigenvalue weighted by atomic mass is 79.9. The standard InChI is InChI=1S/C10H7Br2ClN2O2S2/c1-5-8(3-9(12)18-5)19(16,17)15-6-2-7(11)10(13)14-4-6/h2-4,15H,1H3. The van der Waals surface area contributed by atoms with Crippen LogP contribution in [0.3, 0.4) is 0 Å². The average Bonchev–Trinajstić information content (AvgIpc) is 2.63. The number of aryl methyl sites for hydroxylation is 1. The molecule has 0 amide bonds. The molecule has 0 spiro atoms. The first kappa shape index (κ1) is 15.2. The molecule has 9 heteroatoms. The van der Waals surface area contributed by atoms with Crippen molar-refractivity contribution < 1.29 is 8.42 Å². The van der Waals surface area contributed by atoms with Gasteiger partial charge in [-0.2, -0.15) is 0 Å². The summed E-state index contributed by atoms with van der Waals surface area (Å²) in [4.78, 5) is 4.82. The van der Waals surface area contributed by atoms with Gasteiger partial charge in [0.05, 0.1) is 20.1 Å². The molecule has 2 aromatic rings. The number of sulfonamides is 1. The smallest absolute Gasteiger partial charge is 0.263 e. The number of rotatable bonds is 3. The number of anilines is 1. The van der Waals surface area contributed by atoms with E-state index in [-0.39, 0.29) is 10.0 Å². The van der Waals surface area contributed by atoms with Crippen LogP contribution in [-0.2, 0) is 10.0 Å². The lowest BCUT2D eigenvalue weighted by atomic mass is 10.4. The maximum Gasteiger partial charge on any atom is 0.263 e. The van der Waals surface area contributed by atoms with Crippen LogP contribution in [0, 0.1) is 6.92 Å². The fourth-order valence-electron chi connectivity index (χ4n) is 1.38. The zero-order valence-electron chi connectivity index (χ0n) is 9.45. The first-order valence-electron chi connectivity index (χ1n) is 4.89. The van der Waals surface area contributed by atoms with Crippen molar-refractivity contribution >= 4 is 70.5 Å². The molecule has 19 heavy (non-hydrogen) atoms. The van der Waals surface area contributed by atoms with E-state index >= 15 is 0 Å². The van der Waals surface area contributed by atoms with Gasteiger partial charge in [0, 0.05) is 4.88 Å². The molecule has 0 fully saturated rings. The van der Waals surface area contributed by atoms with Gasteiger partial charge in [-0.05, 0) is 50.9 Å². The number of nitrogens with zero attached hydrogens (tertiary/aromatic N) is 1. The molecule has 0 radical (unpaired) electrons. The molecule has 0 bridgehead atoms. The Bertz CT molecular complexity index is 731. The van der Waals surface area contributed by atoms with Crippen molar-refractivity contribution in [2.75, 3.05) is 4.72 Å². The fourth-order valence-corrected chi connectivity index (χ4v) is 5.29. The molecule has 102 valence electrons. The highest BCUT2D eigenvalue weighted by Crippen LogP contribution is 2.31. The number of hydrogen-bond donors (Lipinski definition) is 1. The third-order valence-electron chi connectivity index (χ3n) is 2.18. The molecular weight excluding hydrogens is 440 g/mol. The monoisotopic (exact) mass is 444 g/mol. The molecule has 0 saturated carbocycles. The Kier molecular flexibility index (Phi) is 4.56. The lowest BCUT2D eigenvalue weighted by Crippen LogP contribution is -2.13. The maximum absolute atomic E-state index is 12.2. The molecule has 2 aromatic heterocycles. The summed E-state index contributed by atoms with van der Waals surface area (Å²) in [5.41, 5.74) is 0.345. The van der Waals surface area contributed by atoms with Crippen LogP contribution in [0.1, 0.15) is 4.88 Å². The van der Waals surface area contributed by atoms with Gasteiger partial charge in [0.15, 0.2) is 0 Å². The second kappa shape index (κ2) is 5.69. The van der Waals surface area contributed by atoms with Gasteiger partial charge in [0.1, 0.15) is 10.0 Å². The summed E-state index contributed by atoms with van der Waals surface area (Å²) in [6, 6.07) is 3.13. The third-order valence-corrected chi connectivity index (χ3v) is 6.50. The lowest BCUT2D eigenvalue weighted by Gasteiger charge is -2.07. The Morgan fingerprint density at radius 3 is 2.58 bits per heavy atom. The van der Waals surface area contributed by atoms with Gasteiger partial charge in [-0.15, -0.1) is 11.3 Å². The van der Waals surface area contributed by atoms with Gasteiger partial charge in [0.25, 0.3) is 10.0 Å². The SMILES string of the molecule is Cc1sc(Br)cc1S(=O)(=O)Nc1cnc(Cl)c(Br)c1. The minimum atomic E-state index is -3.63. The highest BCUT2D eigenvalue weighted by molar-refractivity contribution is 9.11. The number of thiophene rings is 1. The van der Waals surface area contributed by atoms with E-state index in [1.165, 1.54) is 17.5 Å². The Balaban J connectivity index is 2.36. The van der Waals surface area contributed by atoms with Gasteiger partial charge in [-0.25, -0.2) is 13.4 Å². The molecule has 2 rings (SSSR count). The molecule has 0 saturated heterocycles. The van der Waals surface area contributed by atoms with E-state index in [4.69, 9.17) is 11.6 Å². The molecule has 4 nitrogen and oxygen atoms in total. The quantitative estimate of drug-likeness (QED) is 0.710. The van der Waals surface area contributed by atoms with Crippen molar-refractivity contribution in [3.63, 3.8) is 0 Å². The summed E-state index contributed by atoms with van der Waals surface area (Å²) in [7, 11) is -3.63. The van der Waals surface area contributed by atoms with E-state index in [0.29, 0.717) is 15.0 Å². The molecule has 0 unspecified atom stereocenters. The van der Waals surface area contributed by atoms with Crippen LogP contribution >= 0.6 is 54.8 Å². The summed E-state index contributed by atoms with van der Waals surface area (Å²) < 4.78 is 28.2. The van der Waals surface area contributed by atoms with Crippen molar-refractivity contribution in [3.05, 3.63) is 36.6 Å². The minimum absolute atomic E-state index is 0.246. The number of hydrogen-bond acceptors (Lipinski definition) is 4. The zero-order chi connectivity index (χ0) is 14.2. The van der Waals surface area contributed by atoms with Crippen molar-refractivity contribution in [2.45, 2.75) is 11.8 Å². The highest BCUT2D eigenvalue weighted by Gasteiger charge is 2.20. The largest absolute Gasteiger partial charge is 0.278 e. The van der Waals surface area contributed by atoms with E-state index < -0.39 is 10.0 Å². The maximum atomic E-state index is 12.2. The van der Waals surface area contributed by atoms with Gasteiger partial charge < -0.3 is 0 Å². The Hall–Kier alpha value is -0.150. The van der Waals surface area contributed by atoms with E-state index in [9.17, 15) is 8.42 Å². The van der Waals surface area contributed by atoms with E-state index in [2.05, 4.69) is 41.6 Å². The van der Waals surface area contributed by atoms with Gasteiger partial charge in [-0.3, -0.25) is 4.72 Å². The predicted molar refractivity (Wildman–Crippen MR) is 84.5 cm³/mol. The van der Waals surface area contributed by atoms with Crippen molar-refractivity contribution in [2.24, 2.45) is 0 Å². The molecule has 0 aliphatic rings. The summed E-state index contributed by atoms with van der Waals surface area (Å²) in [5, 5.41) is 0.275. The number of nitrogens with one attached hydrogen (secondary N) is 1. The molecular formula is C10H7Br2ClN2O2S2. The third kappa shape index (κ3) is 3.49. The summed E-state index contributed by atoms with van der Waals surface area (Å²) in [6.45, 7) is 1.75. The van der Waals surface area contributed by atoms with Gasteiger partial charge >= 0.3 is 0 Å². The van der Waals surface area contributed by atoms with Crippen molar-refractivity contribution in [1.82, 2.24) is 4.98 Å². The van der Waals surface area contributed by atoms with E-state index in [1.807, 2.05) is 0 Å². The van der Waals surface area contributed by atoms with Crippen LogP contribution in [0.15, 0.2) is 31.5 Å². The van der Waals surface area contributed by atoms with Crippen LogP contribution in [-0.4, -0.2) is 13.4 Å². The average molecular weight is 447 g/mol. The number of aromatic nitrogens is 1. The topological polar surface area (TPSA) is 59.1 Å². The summed E-state index contributed by atoms with van der Waals surface area (Å²) in [6.07, 6.45) is 1.36. The van der Waals surface area contributed by atoms with Crippen LogP contribution in [0.5, 0.6) is 0 Å². The molecule has 0 aromatic carbocycles. The molecule has 1 N–H and O–H groups in total. The van der Waals surface area contributed by atoms with Gasteiger partial charge in [-0.1, -0.05) is 11.6 Å². The van der Waals surface area contributed by atoms with Crippen molar-refractivity contribution in [1.29, 1.82) is 0 Å². The molecule has 0 aliphatic heterocycles. The zero-order valence-corrected chi connectivity index (χ0v) is 15.0. The van der Waals surface area contributed by atoms with Crippen LogP contribution < -0.4 is 4.72 Å². The Morgan fingerprint density at radius 1 is 1.37 bits per heavy atom. The number of pyridine rings is 1. The lowest BCUT2D eigenvalue weighted by molar-refractivity contribution is 0.601. The second-order valence-electron chi connectivity index (χ2n) is 3.57. The predicted octanol–water partition coefficient (Wildman–Crippen LogP) is 4.43. The second-order valence-corrected chi connectivity index (χ2v) is 9.07. The molecule has 0 atom stereocenters.